The van der Waals surface area contributed by atoms with Crippen LogP contribution in [0.25, 0.3) is 0 Å². The molecule has 8 heteroatoms. The molecule has 0 aromatic heterocycles. The summed E-state index contributed by atoms with van der Waals surface area (Å²) in [5.41, 5.74) is -0.143. The first-order chi connectivity index (χ1) is 13.5. The molecule has 2 aromatic rings. The van der Waals surface area contributed by atoms with E-state index in [0.29, 0.717) is 36.0 Å². The van der Waals surface area contributed by atoms with Crippen molar-refractivity contribution < 1.29 is 23.9 Å². The van der Waals surface area contributed by atoms with Gasteiger partial charge in [0.25, 0.3) is 5.91 Å². The molecule has 1 saturated heterocycles. The Morgan fingerprint density at radius 1 is 1.11 bits per heavy atom. The minimum atomic E-state index is -1.29. The SMILES string of the molecule is C[C@]1(c2ccc3c(c2)OCCO3)NC(=O)N(CC(=O)Nc2ccccc2)C1=O. The third-order valence-corrected chi connectivity index (χ3v) is 4.75. The number of benzene rings is 2. The molecule has 2 heterocycles. The van der Waals surface area contributed by atoms with Crippen molar-refractivity contribution in [2.24, 2.45) is 0 Å². The number of anilines is 1. The number of hydrogen-bond donors (Lipinski definition) is 2. The van der Waals surface area contributed by atoms with Gasteiger partial charge in [-0.2, -0.15) is 0 Å². The number of nitrogens with one attached hydrogen (secondary N) is 2. The van der Waals surface area contributed by atoms with Crippen molar-refractivity contribution in [2.75, 3.05) is 25.1 Å². The molecule has 1 fully saturated rings. The van der Waals surface area contributed by atoms with Gasteiger partial charge < -0.3 is 20.1 Å². The van der Waals surface area contributed by atoms with Crippen LogP contribution in [0.3, 0.4) is 0 Å². The van der Waals surface area contributed by atoms with Crippen molar-refractivity contribution in [2.45, 2.75) is 12.5 Å². The molecule has 0 bridgehead atoms. The summed E-state index contributed by atoms with van der Waals surface area (Å²) in [5.74, 6) is 0.153. The number of fused-ring (bicyclic) bond motifs is 1. The van der Waals surface area contributed by atoms with E-state index in [4.69, 9.17) is 9.47 Å². The fraction of sp³-hybridized carbons (Fsp3) is 0.250. The second kappa shape index (κ2) is 6.88. The highest BCUT2D eigenvalue weighted by Gasteiger charge is 2.49. The van der Waals surface area contributed by atoms with Crippen LogP contribution in [0.15, 0.2) is 48.5 Å². The van der Waals surface area contributed by atoms with Crippen LogP contribution in [-0.4, -0.2) is 42.5 Å². The summed E-state index contributed by atoms with van der Waals surface area (Å²) in [5, 5.41) is 5.35. The van der Waals surface area contributed by atoms with E-state index in [-0.39, 0.29) is 6.54 Å². The quantitative estimate of drug-likeness (QED) is 0.788. The number of hydrogen-bond acceptors (Lipinski definition) is 5. The first kappa shape index (κ1) is 17.8. The molecule has 4 amide bonds. The molecular weight excluding hydrogens is 362 g/mol. The average Bonchev–Trinajstić information content (AvgIpc) is 2.92. The fourth-order valence-corrected chi connectivity index (χ4v) is 3.26. The van der Waals surface area contributed by atoms with Gasteiger partial charge in [-0.25, -0.2) is 4.79 Å². The molecule has 0 aliphatic carbocycles. The second-order valence-corrected chi connectivity index (χ2v) is 6.72. The van der Waals surface area contributed by atoms with Crippen molar-refractivity contribution >= 4 is 23.5 Å². The van der Waals surface area contributed by atoms with Gasteiger partial charge in [-0.1, -0.05) is 24.3 Å². The van der Waals surface area contributed by atoms with Crippen LogP contribution < -0.4 is 20.1 Å². The van der Waals surface area contributed by atoms with Gasteiger partial charge in [-0.15, -0.1) is 0 Å². The van der Waals surface area contributed by atoms with E-state index in [2.05, 4.69) is 10.6 Å². The fourth-order valence-electron chi connectivity index (χ4n) is 3.26. The first-order valence-electron chi connectivity index (χ1n) is 8.86. The van der Waals surface area contributed by atoms with E-state index in [0.717, 1.165) is 4.90 Å². The van der Waals surface area contributed by atoms with E-state index in [1.165, 1.54) is 0 Å². The Labute approximate surface area is 161 Å². The number of para-hydroxylation sites is 1. The van der Waals surface area contributed by atoms with E-state index < -0.39 is 23.4 Å². The molecule has 0 radical (unpaired) electrons. The Hall–Kier alpha value is -3.55. The summed E-state index contributed by atoms with van der Waals surface area (Å²) in [4.78, 5) is 38.6. The summed E-state index contributed by atoms with van der Waals surface area (Å²) < 4.78 is 11.1. The van der Waals surface area contributed by atoms with E-state index in [9.17, 15) is 14.4 Å². The van der Waals surface area contributed by atoms with Crippen LogP contribution in [-0.2, 0) is 15.1 Å². The molecular formula is C20H19N3O5. The lowest BCUT2D eigenvalue weighted by Gasteiger charge is -2.25. The third-order valence-electron chi connectivity index (χ3n) is 4.75. The minimum absolute atomic E-state index is 0.375. The molecule has 0 unspecified atom stereocenters. The summed E-state index contributed by atoms with van der Waals surface area (Å²) in [6.45, 7) is 2.11. The van der Waals surface area contributed by atoms with E-state index in [1.54, 1.807) is 49.4 Å². The van der Waals surface area contributed by atoms with Gasteiger partial charge in [-0.3, -0.25) is 14.5 Å². The number of imide groups is 1. The van der Waals surface area contributed by atoms with Crippen molar-refractivity contribution in [3.8, 4) is 11.5 Å². The van der Waals surface area contributed by atoms with Crippen LogP contribution in [0.5, 0.6) is 11.5 Å². The van der Waals surface area contributed by atoms with E-state index in [1.807, 2.05) is 6.07 Å². The predicted molar refractivity (Wildman–Crippen MR) is 100 cm³/mol. The zero-order valence-electron chi connectivity index (χ0n) is 15.2. The largest absolute Gasteiger partial charge is 0.486 e. The van der Waals surface area contributed by atoms with Crippen LogP contribution in [0.1, 0.15) is 12.5 Å². The molecule has 2 aliphatic heterocycles. The standard InChI is InChI=1S/C20H19N3O5/c1-20(13-7-8-15-16(11-13)28-10-9-27-15)18(25)23(19(26)22-20)12-17(24)21-14-5-3-2-4-6-14/h2-8,11H,9-10,12H2,1H3,(H,21,24)(H,22,26)/t20-/m1/s1. The molecule has 0 spiro atoms. The predicted octanol–water partition coefficient (Wildman–Crippen LogP) is 1.86. The Morgan fingerprint density at radius 2 is 1.82 bits per heavy atom. The zero-order chi connectivity index (χ0) is 19.7. The highest BCUT2D eigenvalue weighted by molar-refractivity contribution is 6.10. The zero-order valence-corrected chi connectivity index (χ0v) is 15.2. The highest BCUT2D eigenvalue weighted by Crippen LogP contribution is 2.36. The lowest BCUT2D eigenvalue weighted by atomic mass is 9.91. The Bertz CT molecular complexity index is 946. The summed E-state index contributed by atoms with van der Waals surface area (Å²) >= 11 is 0. The monoisotopic (exact) mass is 381 g/mol. The molecule has 2 aliphatic rings. The van der Waals surface area contributed by atoms with Crippen LogP contribution in [0.4, 0.5) is 10.5 Å². The smallest absolute Gasteiger partial charge is 0.325 e. The molecule has 1 atom stereocenters. The van der Waals surface area contributed by atoms with Crippen LogP contribution >= 0.6 is 0 Å². The van der Waals surface area contributed by atoms with Gasteiger partial charge in [0.2, 0.25) is 5.91 Å². The maximum Gasteiger partial charge on any atom is 0.325 e. The van der Waals surface area contributed by atoms with E-state index >= 15 is 0 Å². The Kier molecular flexibility index (Phi) is 4.38. The molecule has 0 saturated carbocycles. The number of rotatable bonds is 4. The minimum Gasteiger partial charge on any atom is -0.486 e. The topological polar surface area (TPSA) is 97.0 Å². The van der Waals surface area contributed by atoms with Crippen molar-refractivity contribution in [3.05, 3.63) is 54.1 Å². The summed E-state index contributed by atoms with van der Waals surface area (Å²) in [6.07, 6.45) is 0. The lowest BCUT2D eigenvalue weighted by molar-refractivity contribution is -0.133. The van der Waals surface area contributed by atoms with Gasteiger partial charge in [0.05, 0.1) is 0 Å². The summed E-state index contributed by atoms with van der Waals surface area (Å²) in [7, 11) is 0. The summed E-state index contributed by atoms with van der Waals surface area (Å²) in [6, 6.07) is 13.3. The van der Waals surface area contributed by atoms with Gasteiger partial charge in [0, 0.05) is 5.69 Å². The third kappa shape index (κ3) is 3.13. The number of nitrogens with zero attached hydrogens (tertiary/aromatic N) is 1. The second-order valence-electron chi connectivity index (χ2n) is 6.72. The Balaban J connectivity index is 1.52. The number of carbonyl (C=O) groups excluding carboxylic acids is 3. The maximum absolute atomic E-state index is 13.0. The molecule has 28 heavy (non-hydrogen) atoms. The van der Waals surface area contributed by atoms with Gasteiger partial charge in [0.1, 0.15) is 25.3 Å². The first-order valence-corrected chi connectivity index (χ1v) is 8.86. The molecule has 144 valence electrons. The lowest BCUT2D eigenvalue weighted by Crippen LogP contribution is -2.42. The van der Waals surface area contributed by atoms with Crippen molar-refractivity contribution in [1.29, 1.82) is 0 Å². The van der Waals surface area contributed by atoms with Crippen molar-refractivity contribution in [1.82, 2.24) is 10.2 Å². The molecule has 8 nitrogen and oxygen atoms in total. The van der Waals surface area contributed by atoms with Crippen molar-refractivity contribution in [3.63, 3.8) is 0 Å². The molecule has 2 N–H and O–H groups in total. The number of ether oxygens (including phenoxy) is 2. The Morgan fingerprint density at radius 3 is 2.57 bits per heavy atom. The number of urea groups is 1. The van der Waals surface area contributed by atoms with Crippen LogP contribution in [0, 0.1) is 0 Å². The normalized spacial score (nSPS) is 20.7. The number of carbonyl (C=O) groups is 3. The highest BCUT2D eigenvalue weighted by atomic mass is 16.6. The van der Waals surface area contributed by atoms with Crippen LogP contribution in [0.2, 0.25) is 0 Å². The average molecular weight is 381 g/mol. The molecule has 2 aromatic carbocycles. The van der Waals surface area contributed by atoms with Gasteiger partial charge in [-0.05, 0) is 36.8 Å². The molecule has 4 rings (SSSR count). The van der Waals surface area contributed by atoms with Gasteiger partial charge in [0.15, 0.2) is 11.5 Å². The van der Waals surface area contributed by atoms with Gasteiger partial charge >= 0.3 is 6.03 Å². The number of amides is 4. The maximum atomic E-state index is 13.0.